The van der Waals surface area contributed by atoms with Gasteiger partial charge in [0.05, 0.1) is 0 Å². The van der Waals surface area contributed by atoms with Crippen LogP contribution in [0.2, 0.25) is 0 Å². The zero-order valence-electron chi connectivity index (χ0n) is 10.1. The number of thioether (sulfide) groups is 1. The van der Waals surface area contributed by atoms with E-state index < -0.39 is 0 Å². The van der Waals surface area contributed by atoms with E-state index in [1.165, 1.54) is 18.6 Å². The highest BCUT2D eigenvalue weighted by atomic mass is 32.2. The molecular weight excluding hydrogens is 164 g/mol. The van der Waals surface area contributed by atoms with Gasteiger partial charge in [-0.3, -0.25) is 0 Å². The van der Waals surface area contributed by atoms with Gasteiger partial charge >= 0.3 is 0 Å². The van der Waals surface area contributed by atoms with E-state index in [0.29, 0.717) is 0 Å². The minimum absolute atomic E-state index is 0.963. The largest absolute Gasteiger partial charge is 0.159 e. The Labute approximate surface area is 84.5 Å². The van der Waals surface area contributed by atoms with Gasteiger partial charge < -0.3 is 0 Å². The van der Waals surface area contributed by atoms with Crippen molar-refractivity contribution in [3.05, 3.63) is 0 Å². The summed E-state index contributed by atoms with van der Waals surface area (Å²) < 4.78 is 0. The monoisotopic (exact) mass is 192 g/mol. The maximum atomic E-state index is 2.30. The van der Waals surface area contributed by atoms with Gasteiger partial charge in [-0.1, -0.05) is 48.5 Å². The van der Waals surface area contributed by atoms with Crippen molar-refractivity contribution in [2.45, 2.75) is 66.6 Å². The number of hydrogen-bond donors (Lipinski definition) is 0. The molecule has 0 radical (unpaired) electrons. The lowest BCUT2D eigenvalue weighted by Crippen LogP contribution is -1.82. The van der Waals surface area contributed by atoms with E-state index in [4.69, 9.17) is 0 Å². The third-order valence-electron chi connectivity index (χ3n) is 1.16. The summed E-state index contributed by atoms with van der Waals surface area (Å²) >= 11 is 2.10. The molecule has 0 aromatic rings. The standard InChI is InChI=1S/C5H10S.3C2H6/c1-5-3-2-4-6-5;3*1-2/h5H,2-4H2,1H3;3*1-2H3. The zero-order valence-corrected chi connectivity index (χ0v) is 10.9. The van der Waals surface area contributed by atoms with E-state index in [2.05, 4.69) is 18.7 Å². The first kappa shape index (κ1) is 18.2. The quantitative estimate of drug-likeness (QED) is 0.521. The fourth-order valence-corrected chi connectivity index (χ4v) is 1.81. The first-order valence-electron chi connectivity index (χ1n) is 5.51. The summed E-state index contributed by atoms with van der Waals surface area (Å²) in [4.78, 5) is 0. The lowest BCUT2D eigenvalue weighted by atomic mass is 10.3. The van der Waals surface area contributed by atoms with Gasteiger partial charge in [0.15, 0.2) is 0 Å². The van der Waals surface area contributed by atoms with E-state index in [9.17, 15) is 0 Å². The van der Waals surface area contributed by atoms with Crippen molar-refractivity contribution >= 4 is 11.8 Å². The first-order valence-corrected chi connectivity index (χ1v) is 6.56. The highest BCUT2D eigenvalue weighted by Gasteiger charge is 2.07. The smallest absolute Gasteiger partial charge is 0.00190 e. The van der Waals surface area contributed by atoms with Crippen LogP contribution in [0.15, 0.2) is 0 Å². The van der Waals surface area contributed by atoms with E-state index in [-0.39, 0.29) is 0 Å². The maximum absolute atomic E-state index is 2.30. The fraction of sp³-hybridized carbons (Fsp3) is 1.00. The van der Waals surface area contributed by atoms with Crippen LogP contribution in [0, 0.1) is 0 Å². The Balaban J connectivity index is -0.000000117. The molecule has 0 aromatic carbocycles. The van der Waals surface area contributed by atoms with Crippen LogP contribution in [0.4, 0.5) is 0 Å². The Kier molecular flexibility index (Phi) is 34.1. The van der Waals surface area contributed by atoms with Gasteiger partial charge in [0.25, 0.3) is 0 Å². The predicted molar refractivity (Wildman–Crippen MR) is 65.2 cm³/mol. The molecule has 0 N–H and O–H groups in total. The van der Waals surface area contributed by atoms with Crippen molar-refractivity contribution in [2.75, 3.05) is 5.75 Å². The molecule has 0 amide bonds. The van der Waals surface area contributed by atoms with Crippen LogP contribution in [0.25, 0.3) is 0 Å². The number of hydrogen-bond acceptors (Lipinski definition) is 1. The van der Waals surface area contributed by atoms with Crippen molar-refractivity contribution in [1.82, 2.24) is 0 Å². The van der Waals surface area contributed by atoms with Crippen LogP contribution in [-0.2, 0) is 0 Å². The molecule has 78 valence electrons. The predicted octanol–water partition coefficient (Wildman–Crippen LogP) is 4.98. The second-order valence-corrected chi connectivity index (χ2v) is 3.37. The van der Waals surface area contributed by atoms with Crippen LogP contribution in [0.5, 0.6) is 0 Å². The third-order valence-corrected chi connectivity index (χ3v) is 2.49. The summed E-state index contributed by atoms with van der Waals surface area (Å²) in [5, 5.41) is 0.963. The van der Waals surface area contributed by atoms with Gasteiger partial charge in [0.1, 0.15) is 0 Å². The molecule has 0 nitrogen and oxygen atoms in total. The summed E-state index contributed by atoms with van der Waals surface area (Å²) in [6.45, 7) is 14.3. The topological polar surface area (TPSA) is 0 Å². The molecule has 0 spiro atoms. The van der Waals surface area contributed by atoms with Crippen LogP contribution < -0.4 is 0 Å². The number of rotatable bonds is 0. The lowest BCUT2D eigenvalue weighted by Gasteiger charge is -1.91. The van der Waals surface area contributed by atoms with Gasteiger partial charge in [0.2, 0.25) is 0 Å². The SMILES string of the molecule is CC.CC.CC.CC1CCCS1. The molecule has 1 atom stereocenters. The molecule has 1 aliphatic heterocycles. The molecular formula is C11H28S. The molecule has 0 aromatic heterocycles. The van der Waals surface area contributed by atoms with Crippen LogP contribution >= 0.6 is 11.8 Å². The average Bonchev–Trinajstić information content (AvgIpc) is 2.66. The van der Waals surface area contributed by atoms with Gasteiger partial charge in [-0.25, -0.2) is 0 Å². The minimum Gasteiger partial charge on any atom is -0.159 e. The Bertz CT molecular complexity index is 38.3. The molecule has 1 rings (SSSR count). The summed E-state index contributed by atoms with van der Waals surface area (Å²) in [6.07, 6.45) is 2.90. The van der Waals surface area contributed by atoms with Crippen LogP contribution in [0.1, 0.15) is 61.3 Å². The zero-order chi connectivity index (χ0) is 10.4. The minimum atomic E-state index is 0.963. The van der Waals surface area contributed by atoms with Crippen molar-refractivity contribution in [3.8, 4) is 0 Å². The molecule has 12 heavy (non-hydrogen) atoms. The molecule has 1 aliphatic rings. The molecule has 0 bridgehead atoms. The Morgan fingerprint density at radius 3 is 1.42 bits per heavy atom. The van der Waals surface area contributed by atoms with Gasteiger partial charge in [-0.15, -0.1) is 0 Å². The molecule has 1 unspecified atom stereocenters. The Morgan fingerprint density at radius 2 is 1.33 bits per heavy atom. The molecule has 0 aliphatic carbocycles. The summed E-state index contributed by atoms with van der Waals surface area (Å²) in [5.74, 6) is 1.40. The maximum Gasteiger partial charge on any atom is 0.00190 e. The average molecular weight is 192 g/mol. The second kappa shape index (κ2) is 22.5. The fourth-order valence-electron chi connectivity index (χ4n) is 0.739. The van der Waals surface area contributed by atoms with Crippen LogP contribution in [-0.4, -0.2) is 11.0 Å². The Hall–Kier alpha value is 0.350. The van der Waals surface area contributed by atoms with Gasteiger partial charge in [0, 0.05) is 5.25 Å². The van der Waals surface area contributed by atoms with E-state index in [0.717, 1.165) is 5.25 Å². The molecule has 1 heteroatoms. The highest BCUT2D eigenvalue weighted by molar-refractivity contribution is 8.00. The van der Waals surface area contributed by atoms with E-state index >= 15 is 0 Å². The first-order chi connectivity index (χ1) is 5.89. The molecule has 1 saturated heterocycles. The van der Waals surface area contributed by atoms with Crippen molar-refractivity contribution in [1.29, 1.82) is 0 Å². The van der Waals surface area contributed by atoms with Gasteiger partial charge in [-0.2, -0.15) is 11.8 Å². The third kappa shape index (κ3) is 16.7. The summed E-state index contributed by atoms with van der Waals surface area (Å²) in [7, 11) is 0. The van der Waals surface area contributed by atoms with Gasteiger partial charge in [-0.05, 0) is 18.6 Å². The van der Waals surface area contributed by atoms with Crippen molar-refractivity contribution in [2.24, 2.45) is 0 Å². The summed E-state index contributed by atoms with van der Waals surface area (Å²) in [6, 6.07) is 0. The van der Waals surface area contributed by atoms with Crippen molar-refractivity contribution < 1.29 is 0 Å². The normalized spacial score (nSPS) is 18.8. The van der Waals surface area contributed by atoms with Crippen molar-refractivity contribution in [3.63, 3.8) is 0 Å². The highest BCUT2D eigenvalue weighted by Crippen LogP contribution is 2.24. The molecule has 0 saturated carbocycles. The summed E-state index contributed by atoms with van der Waals surface area (Å²) in [5.41, 5.74) is 0. The molecule has 1 heterocycles. The Morgan fingerprint density at radius 1 is 0.917 bits per heavy atom. The molecule has 1 fully saturated rings. The second-order valence-electron chi connectivity index (χ2n) is 1.82. The van der Waals surface area contributed by atoms with E-state index in [1.54, 1.807) is 0 Å². The van der Waals surface area contributed by atoms with E-state index in [1.807, 2.05) is 41.5 Å². The van der Waals surface area contributed by atoms with Crippen LogP contribution in [0.3, 0.4) is 0 Å². The lowest BCUT2D eigenvalue weighted by molar-refractivity contribution is 0.838.